The van der Waals surface area contributed by atoms with Crippen LogP contribution in [-0.4, -0.2) is 22.2 Å². The van der Waals surface area contributed by atoms with Crippen LogP contribution in [0.3, 0.4) is 0 Å². The van der Waals surface area contributed by atoms with E-state index in [-0.39, 0.29) is 0 Å². The van der Waals surface area contributed by atoms with Gasteiger partial charge in [-0.15, -0.1) is 0 Å². The Morgan fingerprint density at radius 2 is 2.19 bits per heavy atom. The molecule has 0 saturated carbocycles. The fraction of sp³-hybridized carbons (Fsp3) is 0.615. The molecule has 1 heterocycles. The Hall–Kier alpha value is -0.930. The van der Waals surface area contributed by atoms with E-state index in [4.69, 9.17) is 0 Å². The summed E-state index contributed by atoms with van der Waals surface area (Å²) in [6, 6.07) is 2.11. The van der Waals surface area contributed by atoms with Crippen LogP contribution in [0.5, 0.6) is 0 Å². The molecule has 0 saturated heterocycles. The molecule has 0 radical (unpaired) electrons. The van der Waals surface area contributed by atoms with Crippen molar-refractivity contribution in [2.75, 3.05) is 6.54 Å². The maximum atomic E-state index is 9.97. The van der Waals surface area contributed by atoms with Gasteiger partial charge < -0.3 is 10.4 Å². The van der Waals surface area contributed by atoms with Gasteiger partial charge in [-0.1, -0.05) is 19.4 Å². The molecule has 0 spiro atoms. The summed E-state index contributed by atoms with van der Waals surface area (Å²) in [5, 5.41) is 13.2. The standard InChI is InChI=1S/C13H22N2O/c1-4-5-13(3,16)10-15-9-12-6-11(2)7-14-8-12/h6-8,15-16H,4-5,9-10H2,1-3H3. The summed E-state index contributed by atoms with van der Waals surface area (Å²) in [5.41, 5.74) is 1.72. The molecule has 0 aliphatic heterocycles. The second kappa shape index (κ2) is 5.97. The lowest BCUT2D eigenvalue weighted by Gasteiger charge is -2.23. The van der Waals surface area contributed by atoms with Crippen molar-refractivity contribution >= 4 is 0 Å². The summed E-state index contributed by atoms with van der Waals surface area (Å²) >= 11 is 0. The number of nitrogens with one attached hydrogen (secondary N) is 1. The number of aryl methyl sites for hydroxylation is 1. The predicted octanol–water partition coefficient (Wildman–Crippen LogP) is 2.03. The van der Waals surface area contributed by atoms with E-state index in [1.54, 1.807) is 0 Å². The SMILES string of the molecule is CCCC(C)(O)CNCc1cncc(C)c1. The van der Waals surface area contributed by atoms with Crippen molar-refractivity contribution in [2.24, 2.45) is 0 Å². The zero-order valence-electron chi connectivity index (χ0n) is 10.5. The van der Waals surface area contributed by atoms with E-state index >= 15 is 0 Å². The zero-order chi connectivity index (χ0) is 12.0. The minimum atomic E-state index is -0.605. The molecule has 16 heavy (non-hydrogen) atoms. The summed E-state index contributed by atoms with van der Waals surface area (Å²) in [7, 11) is 0. The molecule has 0 fully saturated rings. The molecule has 1 atom stereocenters. The van der Waals surface area contributed by atoms with Crippen LogP contribution in [-0.2, 0) is 6.54 Å². The summed E-state index contributed by atoms with van der Waals surface area (Å²) in [4.78, 5) is 4.13. The normalized spacial score (nSPS) is 14.8. The van der Waals surface area contributed by atoms with E-state index in [2.05, 4.69) is 23.3 Å². The molecule has 0 aliphatic rings. The van der Waals surface area contributed by atoms with Crippen molar-refractivity contribution in [3.63, 3.8) is 0 Å². The van der Waals surface area contributed by atoms with Gasteiger partial charge in [0.2, 0.25) is 0 Å². The van der Waals surface area contributed by atoms with E-state index in [1.807, 2.05) is 26.2 Å². The van der Waals surface area contributed by atoms with Gasteiger partial charge in [-0.25, -0.2) is 0 Å². The minimum Gasteiger partial charge on any atom is -0.389 e. The third-order valence-electron chi connectivity index (χ3n) is 2.56. The van der Waals surface area contributed by atoms with Gasteiger partial charge in [0.05, 0.1) is 5.60 Å². The molecular formula is C13H22N2O. The maximum Gasteiger partial charge on any atom is 0.0743 e. The number of aliphatic hydroxyl groups is 1. The van der Waals surface area contributed by atoms with Gasteiger partial charge in [-0.05, 0) is 31.4 Å². The average Bonchev–Trinajstić information content (AvgIpc) is 2.17. The van der Waals surface area contributed by atoms with Gasteiger partial charge in [0.25, 0.3) is 0 Å². The smallest absolute Gasteiger partial charge is 0.0743 e. The lowest BCUT2D eigenvalue weighted by Crippen LogP contribution is -2.37. The van der Waals surface area contributed by atoms with Gasteiger partial charge in [-0.3, -0.25) is 4.98 Å². The Kier molecular flexibility index (Phi) is 4.90. The highest BCUT2D eigenvalue weighted by atomic mass is 16.3. The van der Waals surface area contributed by atoms with Crippen LogP contribution in [0, 0.1) is 6.92 Å². The molecule has 90 valence electrons. The minimum absolute atomic E-state index is 0.605. The summed E-state index contributed by atoms with van der Waals surface area (Å²) in [5.74, 6) is 0. The molecule has 1 aromatic heterocycles. The first kappa shape index (κ1) is 13.1. The quantitative estimate of drug-likeness (QED) is 0.774. The Bertz CT molecular complexity index is 323. The van der Waals surface area contributed by atoms with E-state index in [0.29, 0.717) is 6.54 Å². The highest BCUT2D eigenvalue weighted by Crippen LogP contribution is 2.10. The molecule has 3 heteroatoms. The molecule has 1 aromatic rings. The number of aromatic nitrogens is 1. The summed E-state index contributed by atoms with van der Waals surface area (Å²) in [6.07, 6.45) is 5.53. The van der Waals surface area contributed by atoms with Crippen LogP contribution < -0.4 is 5.32 Å². The van der Waals surface area contributed by atoms with Gasteiger partial charge in [0.15, 0.2) is 0 Å². The largest absolute Gasteiger partial charge is 0.389 e. The van der Waals surface area contributed by atoms with Crippen LogP contribution in [0.15, 0.2) is 18.5 Å². The van der Waals surface area contributed by atoms with Crippen LogP contribution in [0.25, 0.3) is 0 Å². The average molecular weight is 222 g/mol. The molecule has 0 bridgehead atoms. The molecule has 3 nitrogen and oxygen atoms in total. The Labute approximate surface area is 97.9 Å². The Morgan fingerprint density at radius 1 is 1.44 bits per heavy atom. The fourth-order valence-electron chi connectivity index (χ4n) is 1.82. The first-order valence-corrected chi connectivity index (χ1v) is 5.87. The van der Waals surface area contributed by atoms with Crippen LogP contribution >= 0.6 is 0 Å². The van der Waals surface area contributed by atoms with Gasteiger partial charge in [0, 0.05) is 25.5 Å². The molecule has 2 N–H and O–H groups in total. The van der Waals surface area contributed by atoms with Gasteiger partial charge in [0.1, 0.15) is 0 Å². The van der Waals surface area contributed by atoms with Crippen molar-refractivity contribution in [3.05, 3.63) is 29.6 Å². The third kappa shape index (κ3) is 4.73. The highest BCUT2D eigenvalue weighted by molar-refractivity contribution is 5.16. The fourth-order valence-corrected chi connectivity index (χ4v) is 1.82. The summed E-state index contributed by atoms with van der Waals surface area (Å²) in [6.45, 7) is 7.37. The lowest BCUT2D eigenvalue weighted by atomic mass is 10.0. The number of hydrogen-bond donors (Lipinski definition) is 2. The van der Waals surface area contributed by atoms with E-state index in [1.165, 1.54) is 5.56 Å². The van der Waals surface area contributed by atoms with E-state index < -0.39 is 5.60 Å². The Balaban J connectivity index is 2.35. The van der Waals surface area contributed by atoms with Crippen LogP contribution in [0.4, 0.5) is 0 Å². The molecule has 0 aromatic carbocycles. The highest BCUT2D eigenvalue weighted by Gasteiger charge is 2.17. The third-order valence-corrected chi connectivity index (χ3v) is 2.56. The predicted molar refractivity (Wildman–Crippen MR) is 66.2 cm³/mol. The summed E-state index contributed by atoms with van der Waals surface area (Å²) < 4.78 is 0. The Morgan fingerprint density at radius 3 is 2.81 bits per heavy atom. The second-order valence-corrected chi connectivity index (χ2v) is 4.72. The lowest BCUT2D eigenvalue weighted by molar-refractivity contribution is 0.0498. The number of pyridine rings is 1. The van der Waals surface area contributed by atoms with E-state index in [9.17, 15) is 5.11 Å². The molecular weight excluding hydrogens is 200 g/mol. The first-order valence-electron chi connectivity index (χ1n) is 5.87. The van der Waals surface area contributed by atoms with Gasteiger partial charge in [-0.2, -0.15) is 0 Å². The first-order chi connectivity index (χ1) is 7.53. The molecule has 1 rings (SSSR count). The number of hydrogen-bond acceptors (Lipinski definition) is 3. The zero-order valence-corrected chi connectivity index (χ0v) is 10.5. The number of rotatable bonds is 6. The van der Waals surface area contributed by atoms with E-state index in [0.717, 1.165) is 24.9 Å². The molecule has 1 unspecified atom stereocenters. The van der Waals surface area contributed by atoms with Crippen molar-refractivity contribution < 1.29 is 5.11 Å². The molecule has 0 aliphatic carbocycles. The molecule has 0 amide bonds. The van der Waals surface area contributed by atoms with Crippen molar-refractivity contribution in [1.82, 2.24) is 10.3 Å². The van der Waals surface area contributed by atoms with Crippen LogP contribution in [0.2, 0.25) is 0 Å². The van der Waals surface area contributed by atoms with Crippen molar-refractivity contribution in [1.29, 1.82) is 0 Å². The van der Waals surface area contributed by atoms with Crippen molar-refractivity contribution in [3.8, 4) is 0 Å². The van der Waals surface area contributed by atoms with Crippen molar-refractivity contribution in [2.45, 2.75) is 45.8 Å². The maximum absolute atomic E-state index is 9.97. The number of nitrogens with zero attached hydrogens (tertiary/aromatic N) is 1. The van der Waals surface area contributed by atoms with Gasteiger partial charge >= 0.3 is 0 Å². The second-order valence-electron chi connectivity index (χ2n) is 4.72. The topological polar surface area (TPSA) is 45.1 Å². The van der Waals surface area contributed by atoms with Crippen LogP contribution in [0.1, 0.15) is 37.8 Å². The monoisotopic (exact) mass is 222 g/mol.